The van der Waals surface area contributed by atoms with Gasteiger partial charge in [-0.05, 0) is 44.7 Å². The predicted molar refractivity (Wildman–Crippen MR) is 85.5 cm³/mol. The number of hydrogen-bond acceptors (Lipinski definition) is 3. The molecule has 0 aromatic heterocycles. The summed E-state index contributed by atoms with van der Waals surface area (Å²) in [5.74, 6) is -0.242. The molecule has 0 fully saturated rings. The molecule has 0 aliphatic rings. The van der Waals surface area contributed by atoms with Gasteiger partial charge in [-0.15, -0.1) is 0 Å². The molecule has 2 amide bonds. The van der Waals surface area contributed by atoms with Crippen LogP contribution in [0.4, 0.5) is 5.69 Å². The molecule has 0 radical (unpaired) electrons. The first kappa shape index (κ1) is 17.5. The number of amides is 2. The molecule has 0 saturated carbocycles. The molecule has 0 heterocycles. The summed E-state index contributed by atoms with van der Waals surface area (Å²) >= 11 is 5.79. The minimum absolute atomic E-state index is 0.0782. The molecular weight excluding hydrogens is 290 g/mol. The van der Waals surface area contributed by atoms with Gasteiger partial charge in [0.2, 0.25) is 11.8 Å². The van der Waals surface area contributed by atoms with Crippen LogP contribution < -0.4 is 10.6 Å². The van der Waals surface area contributed by atoms with Crippen molar-refractivity contribution in [1.29, 1.82) is 0 Å². The Bertz CT molecular complexity index is 476. The highest BCUT2D eigenvalue weighted by atomic mass is 35.5. The summed E-state index contributed by atoms with van der Waals surface area (Å²) in [5, 5.41) is 6.20. The quantitative estimate of drug-likeness (QED) is 0.811. The molecule has 6 heteroatoms. The van der Waals surface area contributed by atoms with Crippen LogP contribution >= 0.6 is 11.6 Å². The number of nitrogens with one attached hydrogen (secondary N) is 2. The van der Waals surface area contributed by atoms with Gasteiger partial charge in [0.25, 0.3) is 0 Å². The Morgan fingerprint density at radius 1 is 1.29 bits per heavy atom. The van der Waals surface area contributed by atoms with Gasteiger partial charge in [-0.25, -0.2) is 0 Å². The Hall–Kier alpha value is -1.59. The molecule has 0 spiro atoms. The van der Waals surface area contributed by atoms with Gasteiger partial charge in [-0.2, -0.15) is 0 Å². The number of anilines is 1. The van der Waals surface area contributed by atoms with Gasteiger partial charge in [0.1, 0.15) is 0 Å². The lowest BCUT2D eigenvalue weighted by Crippen LogP contribution is -2.44. The smallest absolute Gasteiger partial charge is 0.241 e. The summed E-state index contributed by atoms with van der Waals surface area (Å²) in [5.41, 5.74) is 0.681. The normalized spacial score (nSPS) is 12.0. The molecule has 0 aliphatic heterocycles. The van der Waals surface area contributed by atoms with Gasteiger partial charge in [0.05, 0.1) is 12.6 Å². The van der Waals surface area contributed by atoms with E-state index in [1.165, 1.54) is 0 Å². The van der Waals surface area contributed by atoms with Crippen LogP contribution in [0.2, 0.25) is 5.02 Å². The van der Waals surface area contributed by atoms with Gasteiger partial charge < -0.3 is 10.6 Å². The Labute approximate surface area is 130 Å². The number of rotatable bonds is 7. The predicted octanol–water partition coefficient (Wildman–Crippen LogP) is 2.12. The fraction of sp³-hybridized carbons (Fsp3) is 0.467. The first-order valence-corrected chi connectivity index (χ1v) is 7.35. The van der Waals surface area contributed by atoms with E-state index in [1.54, 1.807) is 43.1 Å². The number of benzene rings is 1. The second-order valence-electron chi connectivity index (χ2n) is 4.94. The number of likely N-dealkylation sites (N-methyl/N-ethyl adjacent to an activating group) is 1. The molecule has 1 aromatic rings. The molecular formula is C15H22ClN3O2. The summed E-state index contributed by atoms with van der Waals surface area (Å²) < 4.78 is 0. The topological polar surface area (TPSA) is 61.4 Å². The van der Waals surface area contributed by atoms with E-state index in [0.717, 1.165) is 6.42 Å². The minimum Gasteiger partial charge on any atom is -0.355 e. The van der Waals surface area contributed by atoms with Crippen molar-refractivity contribution in [2.24, 2.45) is 0 Å². The average Bonchev–Trinajstić information content (AvgIpc) is 2.46. The molecule has 21 heavy (non-hydrogen) atoms. The average molecular weight is 312 g/mol. The zero-order valence-corrected chi connectivity index (χ0v) is 13.4. The van der Waals surface area contributed by atoms with Crippen molar-refractivity contribution in [2.45, 2.75) is 26.3 Å². The molecule has 2 N–H and O–H groups in total. The monoisotopic (exact) mass is 311 g/mol. The molecule has 116 valence electrons. The summed E-state index contributed by atoms with van der Waals surface area (Å²) in [4.78, 5) is 25.5. The highest BCUT2D eigenvalue weighted by molar-refractivity contribution is 6.30. The fourth-order valence-electron chi connectivity index (χ4n) is 1.66. The maximum absolute atomic E-state index is 12.1. The second kappa shape index (κ2) is 8.64. The molecule has 1 aromatic carbocycles. The van der Waals surface area contributed by atoms with Gasteiger partial charge in [0, 0.05) is 17.3 Å². The Morgan fingerprint density at radius 3 is 2.48 bits per heavy atom. The Kier molecular flexibility index (Phi) is 7.19. The van der Waals surface area contributed by atoms with E-state index in [1.807, 2.05) is 6.92 Å². The highest BCUT2D eigenvalue weighted by Crippen LogP contribution is 2.14. The molecule has 0 unspecified atom stereocenters. The van der Waals surface area contributed by atoms with Crippen LogP contribution in [-0.4, -0.2) is 42.9 Å². The van der Waals surface area contributed by atoms with Crippen LogP contribution in [0.15, 0.2) is 24.3 Å². The van der Waals surface area contributed by atoms with E-state index < -0.39 is 6.04 Å². The van der Waals surface area contributed by atoms with E-state index in [-0.39, 0.29) is 18.4 Å². The summed E-state index contributed by atoms with van der Waals surface area (Å²) in [6.07, 6.45) is 0.891. The Morgan fingerprint density at radius 2 is 1.90 bits per heavy atom. The van der Waals surface area contributed by atoms with E-state index >= 15 is 0 Å². The molecule has 0 saturated heterocycles. The molecule has 5 nitrogen and oxygen atoms in total. The lowest BCUT2D eigenvalue weighted by Gasteiger charge is -2.23. The fourth-order valence-corrected chi connectivity index (χ4v) is 1.79. The molecule has 1 atom stereocenters. The third-order valence-corrected chi connectivity index (χ3v) is 3.37. The van der Waals surface area contributed by atoms with Crippen LogP contribution in [0.3, 0.4) is 0 Å². The van der Waals surface area contributed by atoms with Gasteiger partial charge in [-0.3, -0.25) is 14.5 Å². The van der Waals surface area contributed by atoms with Crippen molar-refractivity contribution in [2.75, 3.05) is 25.5 Å². The SMILES string of the molecule is CCCNC(=O)CN(C)[C@H](C)C(=O)Nc1ccc(Cl)cc1. The van der Waals surface area contributed by atoms with Crippen molar-refractivity contribution in [3.63, 3.8) is 0 Å². The molecule has 0 bridgehead atoms. The third-order valence-electron chi connectivity index (χ3n) is 3.12. The summed E-state index contributed by atoms with van der Waals surface area (Å²) in [7, 11) is 1.75. The maximum atomic E-state index is 12.1. The van der Waals surface area contributed by atoms with Crippen LogP contribution in [0.25, 0.3) is 0 Å². The van der Waals surface area contributed by atoms with E-state index in [4.69, 9.17) is 11.6 Å². The van der Waals surface area contributed by atoms with Crippen molar-refractivity contribution in [1.82, 2.24) is 10.2 Å². The summed E-state index contributed by atoms with van der Waals surface area (Å²) in [6.45, 7) is 4.60. The molecule has 0 aliphatic carbocycles. The van der Waals surface area contributed by atoms with Crippen molar-refractivity contribution in [3.8, 4) is 0 Å². The minimum atomic E-state index is -0.409. The van der Waals surface area contributed by atoms with E-state index in [9.17, 15) is 9.59 Å². The van der Waals surface area contributed by atoms with E-state index in [0.29, 0.717) is 17.3 Å². The third kappa shape index (κ3) is 6.14. The van der Waals surface area contributed by atoms with Crippen LogP contribution in [0.1, 0.15) is 20.3 Å². The van der Waals surface area contributed by atoms with Crippen molar-refractivity contribution < 1.29 is 9.59 Å². The number of carbonyl (C=O) groups excluding carboxylic acids is 2. The lowest BCUT2D eigenvalue weighted by atomic mass is 10.2. The number of carbonyl (C=O) groups is 2. The Balaban J connectivity index is 2.49. The first-order chi connectivity index (χ1) is 9.93. The largest absolute Gasteiger partial charge is 0.355 e. The highest BCUT2D eigenvalue weighted by Gasteiger charge is 2.20. The second-order valence-corrected chi connectivity index (χ2v) is 5.37. The number of halogens is 1. The zero-order valence-electron chi connectivity index (χ0n) is 12.6. The van der Waals surface area contributed by atoms with Gasteiger partial charge in [-0.1, -0.05) is 18.5 Å². The number of nitrogens with zero attached hydrogens (tertiary/aromatic N) is 1. The van der Waals surface area contributed by atoms with Crippen LogP contribution in [-0.2, 0) is 9.59 Å². The van der Waals surface area contributed by atoms with E-state index in [2.05, 4.69) is 10.6 Å². The number of hydrogen-bond donors (Lipinski definition) is 2. The van der Waals surface area contributed by atoms with Crippen molar-refractivity contribution in [3.05, 3.63) is 29.3 Å². The first-order valence-electron chi connectivity index (χ1n) is 6.97. The lowest BCUT2D eigenvalue weighted by molar-refractivity contribution is -0.124. The van der Waals surface area contributed by atoms with Gasteiger partial charge in [0.15, 0.2) is 0 Å². The maximum Gasteiger partial charge on any atom is 0.241 e. The van der Waals surface area contributed by atoms with Gasteiger partial charge >= 0.3 is 0 Å². The standard InChI is InChI=1S/C15H22ClN3O2/c1-4-9-17-14(20)10-19(3)11(2)15(21)18-13-7-5-12(16)6-8-13/h5-8,11H,4,9-10H2,1-3H3,(H,17,20)(H,18,21)/t11-/m1/s1. The van der Waals surface area contributed by atoms with Crippen LogP contribution in [0.5, 0.6) is 0 Å². The molecule has 1 rings (SSSR count). The van der Waals surface area contributed by atoms with Crippen molar-refractivity contribution >= 4 is 29.1 Å². The van der Waals surface area contributed by atoms with Crippen LogP contribution in [0, 0.1) is 0 Å². The zero-order chi connectivity index (χ0) is 15.8. The summed E-state index contributed by atoms with van der Waals surface area (Å²) in [6, 6.07) is 6.49.